The molecule has 17 nitrogen and oxygen atoms in total. The van der Waals surface area contributed by atoms with Crippen molar-refractivity contribution in [3.8, 4) is 23.5 Å². The fourth-order valence-corrected chi connectivity index (χ4v) is 12.7. The number of ether oxygens (including phenoxy) is 3. The number of nitrogens with one attached hydrogen (secondary N) is 1. The molecular weight excluding hydrogens is 992 g/mol. The summed E-state index contributed by atoms with van der Waals surface area (Å²) in [7, 11) is 3.72. The summed E-state index contributed by atoms with van der Waals surface area (Å²) >= 11 is 0. The molecule has 6 aromatic rings. The summed E-state index contributed by atoms with van der Waals surface area (Å²) in [5.74, 6) is -1.10. The molecule has 4 atom stereocenters. The molecule has 18 heteroatoms. The first-order chi connectivity index (χ1) is 37.7. The van der Waals surface area contributed by atoms with Crippen molar-refractivity contribution in [2.24, 2.45) is 0 Å². The maximum absolute atomic E-state index is 15.5. The Kier molecular flexibility index (Phi) is 14.1. The van der Waals surface area contributed by atoms with Gasteiger partial charge in [0.05, 0.1) is 84.4 Å². The van der Waals surface area contributed by atoms with E-state index in [1.807, 2.05) is 13.0 Å². The zero-order valence-electron chi connectivity index (χ0n) is 45.2. The molecule has 0 bridgehead atoms. The van der Waals surface area contributed by atoms with Crippen molar-refractivity contribution in [2.45, 2.75) is 116 Å². The molecule has 2 saturated heterocycles. The minimum atomic E-state index is -1.05. The van der Waals surface area contributed by atoms with Gasteiger partial charge in [0.25, 0.3) is 11.5 Å². The second kappa shape index (κ2) is 21.1. The molecule has 12 rings (SSSR count). The zero-order valence-corrected chi connectivity index (χ0v) is 45.2. The topological polar surface area (TPSA) is 188 Å². The molecular formula is C60H65FN10O7. The highest BCUT2D eigenvalue weighted by molar-refractivity contribution is 5.98. The van der Waals surface area contributed by atoms with E-state index in [1.165, 1.54) is 48.3 Å². The maximum Gasteiger partial charge on any atom is 0.408 e. The number of hydrogen-bond acceptors (Lipinski definition) is 14. The van der Waals surface area contributed by atoms with Gasteiger partial charge in [0, 0.05) is 59.8 Å². The van der Waals surface area contributed by atoms with E-state index in [0.717, 1.165) is 40.4 Å². The van der Waals surface area contributed by atoms with Crippen molar-refractivity contribution >= 4 is 51.2 Å². The van der Waals surface area contributed by atoms with E-state index in [4.69, 9.17) is 29.2 Å². The summed E-state index contributed by atoms with van der Waals surface area (Å²) in [6, 6.07) is 17.3. The molecule has 3 aromatic carbocycles. The van der Waals surface area contributed by atoms with E-state index in [9.17, 15) is 24.4 Å². The highest BCUT2D eigenvalue weighted by atomic mass is 19.1. The first-order valence-corrected chi connectivity index (χ1v) is 27.2. The van der Waals surface area contributed by atoms with Crippen LogP contribution in [0.5, 0.6) is 6.01 Å². The number of nitriles is 1. The predicted molar refractivity (Wildman–Crippen MR) is 294 cm³/mol. The van der Waals surface area contributed by atoms with Crippen molar-refractivity contribution in [2.75, 3.05) is 63.2 Å². The summed E-state index contributed by atoms with van der Waals surface area (Å²) in [4.78, 5) is 78.2. The van der Waals surface area contributed by atoms with Crippen LogP contribution in [0.4, 0.5) is 20.7 Å². The number of fused-ring (bicyclic) bond motifs is 7. The van der Waals surface area contributed by atoms with Gasteiger partial charge in [-0.3, -0.25) is 14.4 Å². The van der Waals surface area contributed by atoms with E-state index in [-0.39, 0.29) is 49.2 Å². The molecule has 1 aliphatic carbocycles. The minimum absolute atomic E-state index is 0.0464. The molecule has 4 unspecified atom stereocenters. The van der Waals surface area contributed by atoms with E-state index >= 15 is 4.39 Å². The van der Waals surface area contributed by atoms with E-state index in [2.05, 4.69) is 83.0 Å². The van der Waals surface area contributed by atoms with Crippen LogP contribution in [0.25, 0.3) is 33.1 Å². The number of methoxy groups -OCH3 is 1. The number of carbonyl (C=O) groups excluding carboxylic acids is 3. The highest BCUT2D eigenvalue weighted by Crippen LogP contribution is 2.46. The molecule has 0 radical (unpaired) electrons. The minimum Gasteiger partial charge on any atom is -0.467 e. The van der Waals surface area contributed by atoms with Crippen molar-refractivity contribution in [3.63, 3.8) is 0 Å². The molecule has 1 N–H and O–H groups in total. The second-order valence-electron chi connectivity index (χ2n) is 21.5. The molecule has 0 saturated carbocycles. The number of alkyl carbamates (subject to hydrolysis) is 1. The normalized spacial score (nSPS) is 19.6. The number of aryl methyl sites for hydroxylation is 2. The summed E-state index contributed by atoms with van der Waals surface area (Å²) < 4.78 is 34.1. The number of cyclic esters (lactones) is 1. The van der Waals surface area contributed by atoms with E-state index < -0.39 is 41.9 Å². The number of pyridine rings is 2. The monoisotopic (exact) mass is 1060 g/mol. The molecule has 2 fully saturated rings. The smallest absolute Gasteiger partial charge is 0.408 e. The number of benzene rings is 3. The van der Waals surface area contributed by atoms with Crippen LogP contribution in [0.1, 0.15) is 108 Å². The largest absolute Gasteiger partial charge is 0.467 e. The van der Waals surface area contributed by atoms with Crippen LogP contribution >= 0.6 is 0 Å². The lowest BCUT2D eigenvalue weighted by Gasteiger charge is -2.43. The number of anilines is 2. The van der Waals surface area contributed by atoms with Crippen LogP contribution in [0.2, 0.25) is 0 Å². The Morgan fingerprint density at radius 2 is 1.73 bits per heavy atom. The average molecular weight is 1060 g/mol. The Morgan fingerprint density at radius 1 is 0.949 bits per heavy atom. The van der Waals surface area contributed by atoms with Gasteiger partial charge in [0.1, 0.15) is 24.3 Å². The first kappa shape index (κ1) is 52.2. The molecule has 0 spiro atoms. The standard InChI is InChI=1S/C55H54FN9O7.C5H11N/c1-7-34-37-22-45-49-38(25-65(45)52(67)39(37)27-71-53(34)68)48-41(15-14-35-30(4)40(56)23-42(58-49)47(35)48)60-55(69)72-31(5)29(3)51(66)64-21-20-63(24-33(64)16-18-57)50-36-17-19-62(26-43(36)59-54(61-50)70-6)44-13-9-12-32-11-8-10-28(2)46(32)44;1-6-4-2-3-5-6/h8-13,22-23,31,33-34,41H,3,7,14-17,19-21,24-27H2,1-2,4-6H3,(H,60,69);2-5H2,1H3. The van der Waals surface area contributed by atoms with Gasteiger partial charge in [0.2, 0.25) is 0 Å². The number of aromatic nitrogens is 4. The molecule has 2 amide bonds. The number of amides is 2. The number of esters is 1. The van der Waals surface area contributed by atoms with Gasteiger partial charge in [0.15, 0.2) is 0 Å². The van der Waals surface area contributed by atoms with Crippen LogP contribution < -0.4 is 25.4 Å². The molecule has 6 aliphatic rings. The van der Waals surface area contributed by atoms with Crippen LogP contribution in [0.15, 0.2) is 65.5 Å². The third-order valence-corrected chi connectivity index (χ3v) is 16.9. The maximum atomic E-state index is 15.5. The fourth-order valence-electron chi connectivity index (χ4n) is 12.7. The number of likely N-dealkylation sites (tertiary alicyclic amines) is 1. The Bertz CT molecular complexity index is 3560. The van der Waals surface area contributed by atoms with Gasteiger partial charge >= 0.3 is 18.1 Å². The Morgan fingerprint density at radius 3 is 2.46 bits per heavy atom. The second-order valence-corrected chi connectivity index (χ2v) is 21.5. The number of piperazine rings is 1. The average Bonchev–Trinajstić information content (AvgIpc) is 4.21. The van der Waals surface area contributed by atoms with Gasteiger partial charge < -0.3 is 43.7 Å². The Labute approximate surface area is 452 Å². The van der Waals surface area contributed by atoms with E-state index in [1.54, 1.807) is 30.4 Å². The van der Waals surface area contributed by atoms with Crippen molar-refractivity contribution in [3.05, 3.63) is 127 Å². The molecule has 404 valence electrons. The number of halogens is 1. The molecule has 78 heavy (non-hydrogen) atoms. The number of carbonyl (C=O) groups is 3. The van der Waals surface area contributed by atoms with Crippen LogP contribution in [-0.2, 0) is 51.6 Å². The van der Waals surface area contributed by atoms with Gasteiger partial charge in [-0.1, -0.05) is 43.8 Å². The third-order valence-electron chi connectivity index (χ3n) is 16.9. The van der Waals surface area contributed by atoms with Gasteiger partial charge in [-0.15, -0.1) is 0 Å². The quantitative estimate of drug-likeness (QED) is 0.108. The Hall–Kier alpha value is -7.91. The van der Waals surface area contributed by atoms with Crippen molar-refractivity contribution in [1.82, 2.24) is 34.6 Å². The number of hydrogen-bond donors (Lipinski definition) is 1. The summed E-state index contributed by atoms with van der Waals surface area (Å²) in [5, 5.41) is 16.2. The van der Waals surface area contributed by atoms with Crippen molar-refractivity contribution in [1.29, 1.82) is 5.26 Å². The first-order valence-electron chi connectivity index (χ1n) is 27.2. The lowest BCUT2D eigenvalue weighted by Crippen LogP contribution is -2.56. The SMILES string of the molecule is C=C(C(=O)N1CCN(c2nc(OC)nc3c2CCN(c2cccc4cccc(C)c24)C3)CC1CC#N)C(C)OC(=O)NC1CCc2c(C)c(F)cc3nc4c(c1c23)Cn1c-4cc2c(c1=O)COC(=O)C2CC.CN1CCCC1. The molecule has 8 heterocycles. The molecule has 3 aromatic heterocycles. The fraction of sp³-hybridized carbons (Fsp3) is 0.433. The summed E-state index contributed by atoms with van der Waals surface area (Å²) in [6.07, 6.45) is 3.00. The summed E-state index contributed by atoms with van der Waals surface area (Å²) in [5.41, 5.74) is 9.11. The van der Waals surface area contributed by atoms with Crippen LogP contribution in [0, 0.1) is 31.0 Å². The Balaban J connectivity index is 0.00000101. The van der Waals surface area contributed by atoms with Crippen LogP contribution in [0.3, 0.4) is 0 Å². The van der Waals surface area contributed by atoms with Gasteiger partial charge in [-0.05, 0) is 125 Å². The lowest BCUT2D eigenvalue weighted by molar-refractivity contribution is -0.148. The number of nitrogens with zero attached hydrogens (tertiary/aromatic N) is 9. The van der Waals surface area contributed by atoms with Gasteiger partial charge in [-0.2, -0.15) is 15.2 Å². The zero-order chi connectivity index (χ0) is 54.7. The van der Waals surface area contributed by atoms with Crippen molar-refractivity contribution < 1.29 is 33.0 Å². The number of rotatable bonds is 9. The van der Waals surface area contributed by atoms with Crippen LogP contribution in [-0.4, -0.2) is 113 Å². The molecule has 5 aliphatic heterocycles. The van der Waals surface area contributed by atoms with E-state index in [0.29, 0.717) is 89.9 Å². The third kappa shape index (κ3) is 9.24. The predicted octanol–water partition coefficient (Wildman–Crippen LogP) is 8.25. The van der Waals surface area contributed by atoms with Gasteiger partial charge in [-0.25, -0.2) is 14.2 Å². The highest BCUT2D eigenvalue weighted by Gasteiger charge is 2.40. The summed E-state index contributed by atoms with van der Waals surface area (Å²) in [6.45, 7) is 16.4. The lowest BCUT2D eigenvalue weighted by atomic mass is 9.81.